The molecular weight excluding hydrogens is 454 g/mol. The number of anilines is 1. The normalized spacial score (nSPS) is 13.9. The quantitative estimate of drug-likeness (QED) is 0.343. The van der Waals surface area contributed by atoms with Gasteiger partial charge >= 0.3 is 0 Å². The molecule has 4 aromatic rings. The second kappa shape index (κ2) is 10.4. The number of thiazole rings is 1. The largest absolute Gasteiger partial charge is 0.496 e. The van der Waals surface area contributed by atoms with E-state index in [4.69, 9.17) is 14.5 Å². The van der Waals surface area contributed by atoms with E-state index in [1.165, 1.54) is 5.56 Å². The van der Waals surface area contributed by atoms with Crippen LogP contribution in [0.4, 0.5) is 5.95 Å². The Morgan fingerprint density at radius 3 is 2.64 bits per heavy atom. The Morgan fingerprint density at radius 2 is 1.82 bits per heavy atom. The van der Waals surface area contributed by atoms with Crippen molar-refractivity contribution < 1.29 is 9.47 Å². The van der Waals surface area contributed by atoms with Crippen LogP contribution in [-0.2, 0) is 17.0 Å². The molecule has 0 bridgehead atoms. The van der Waals surface area contributed by atoms with Gasteiger partial charge in [0, 0.05) is 24.2 Å². The fourth-order valence-corrected chi connectivity index (χ4v) is 5.53. The number of rotatable bonds is 8. The van der Waals surface area contributed by atoms with Gasteiger partial charge in [-0.3, -0.25) is 4.57 Å². The summed E-state index contributed by atoms with van der Waals surface area (Å²) in [7, 11) is 1.69. The molecule has 2 aromatic heterocycles. The van der Waals surface area contributed by atoms with Crippen LogP contribution in [-0.4, -0.2) is 53.2 Å². The predicted molar refractivity (Wildman–Crippen MR) is 132 cm³/mol. The zero-order valence-corrected chi connectivity index (χ0v) is 20.0. The lowest BCUT2D eigenvalue weighted by atomic mass is 10.2. The average molecular weight is 480 g/mol. The summed E-state index contributed by atoms with van der Waals surface area (Å²) >= 11 is 3.30. The Hall–Kier alpha value is -2.88. The van der Waals surface area contributed by atoms with E-state index < -0.39 is 0 Å². The summed E-state index contributed by atoms with van der Waals surface area (Å²) in [6.07, 6.45) is 0. The zero-order chi connectivity index (χ0) is 22.5. The van der Waals surface area contributed by atoms with E-state index in [1.54, 1.807) is 30.2 Å². The molecule has 3 heterocycles. The number of morpholine rings is 1. The molecule has 0 aliphatic carbocycles. The third-order valence-electron chi connectivity index (χ3n) is 5.41. The van der Waals surface area contributed by atoms with Crippen LogP contribution < -0.4 is 9.64 Å². The minimum absolute atomic E-state index is 0.714. The maximum Gasteiger partial charge on any atom is 0.228 e. The lowest BCUT2D eigenvalue weighted by Crippen LogP contribution is -2.38. The molecule has 0 spiro atoms. The van der Waals surface area contributed by atoms with Gasteiger partial charge in [0.15, 0.2) is 5.16 Å². The molecule has 1 aliphatic rings. The Morgan fingerprint density at radius 1 is 1.03 bits per heavy atom. The Balaban J connectivity index is 1.36. The van der Waals surface area contributed by atoms with Gasteiger partial charge in [0.25, 0.3) is 0 Å². The van der Waals surface area contributed by atoms with Crippen LogP contribution in [0.3, 0.4) is 0 Å². The first-order valence-corrected chi connectivity index (χ1v) is 12.7. The van der Waals surface area contributed by atoms with Gasteiger partial charge in [-0.25, -0.2) is 4.98 Å². The van der Waals surface area contributed by atoms with E-state index in [0.717, 1.165) is 58.5 Å². The summed E-state index contributed by atoms with van der Waals surface area (Å²) in [5.41, 5.74) is 3.26. The van der Waals surface area contributed by atoms with Gasteiger partial charge in [-0.1, -0.05) is 54.2 Å². The lowest BCUT2D eigenvalue weighted by molar-refractivity contribution is 0.121. The number of thioether (sulfide) groups is 1. The lowest BCUT2D eigenvalue weighted by Gasteiger charge is -2.28. The van der Waals surface area contributed by atoms with Gasteiger partial charge in [0.1, 0.15) is 10.8 Å². The molecule has 33 heavy (non-hydrogen) atoms. The number of methoxy groups -OCH3 is 1. The molecule has 1 saturated heterocycles. The van der Waals surface area contributed by atoms with Crippen LogP contribution in [0.5, 0.6) is 5.75 Å². The van der Waals surface area contributed by atoms with E-state index >= 15 is 0 Å². The van der Waals surface area contributed by atoms with Crippen molar-refractivity contribution in [3.63, 3.8) is 0 Å². The van der Waals surface area contributed by atoms with Crippen molar-refractivity contribution in [2.45, 2.75) is 17.5 Å². The molecule has 7 nitrogen and oxygen atoms in total. The molecular formula is C24H25N5O2S2. The smallest absolute Gasteiger partial charge is 0.228 e. The van der Waals surface area contributed by atoms with Gasteiger partial charge < -0.3 is 14.4 Å². The molecule has 9 heteroatoms. The summed E-state index contributed by atoms with van der Waals surface area (Å²) < 4.78 is 13.2. The molecule has 0 amide bonds. The van der Waals surface area contributed by atoms with E-state index in [1.807, 2.05) is 30.3 Å². The van der Waals surface area contributed by atoms with Gasteiger partial charge in [0.05, 0.1) is 38.1 Å². The summed E-state index contributed by atoms with van der Waals surface area (Å²) in [5.74, 6) is 2.46. The monoisotopic (exact) mass is 479 g/mol. The number of hydrogen-bond donors (Lipinski definition) is 0. The van der Waals surface area contributed by atoms with Crippen LogP contribution in [0.2, 0.25) is 0 Å². The Bertz CT molecular complexity index is 1190. The number of benzene rings is 2. The van der Waals surface area contributed by atoms with E-state index in [2.05, 4.69) is 49.3 Å². The molecule has 0 unspecified atom stereocenters. The highest BCUT2D eigenvalue weighted by molar-refractivity contribution is 7.98. The first kappa shape index (κ1) is 21.9. The molecule has 0 N–H and O–H groups in total. The standard InChI is InChI=1S/C24H25N5O2S2/c1-30-21-10-6-5-9-20(21)22-25-19(16-32-22)17-33-24-27-26-23(28-11-13-31-14-12-28)29(24)15-18-7-3-2-4-8-18/h2-10,16H,11-15,17H2,1H3. The van der Waals surface area contributed by atoms with Crippen molar-refractivity contribution in [2.75, 3.05) is 38.3 Å². The van der Waals surface area contributed by atoms with Crippen molar-refractivity contribution in [3.05, 3.63) is 71.2 Å². The highest BCUT2D eigenvalue weighted by Gasteiger charge is 2.21. The molecule has 2 aromatic carbocycles. The topological polar surface area (TPSA) is 65.3 Å². The molecule has 1 fully saturated rings. The number of ether oxygens (including phenoxy) is 2. The molecule has 170 valence electrons. The third kappa shape index (κ3) is 5.05. The minimum atomic E-state index is 0.714. The van der Waals surface area contributed by atoms with Crippen molar-refractivity contribution in [1.29, 1.82) is 0 Å². The second-order valence-electron chi connectivity index (χ2n) is 7.59. The first-order valence-electron chi connectivity index (χ1n) is 10.8. The van der Waals surface area contributed by atoms with E-state index in [9.17, 15) is 0 Å². The van der Waals surface area contributed by atoms with Crippen LogP contribution in [0, 0.1) is 0 Å². The maximum atomic E-state index is 5.53. The van der Waals surface area contributed by atoms with Gasteiger partial charge in [0.2, 0.25) is 5.95 Å². The van der Waals surface area contributed by atoms with Gasteiger partial charge in [-0.05, 0) is 17.7 Å². The molecule has 5 rings (SSSR count). The second-order valence-corrected chi connectivity index (χ2v) is 9.39. The van der Waals surface area contributed by atoms with Gasteiger partial charge in [-0.15, -0.1) is 21.5 Å². The zero-order valence-electron chi connectivity index (χ0n) is 18.4. The number of aromatic nitrogens is 4. The summed E-state index contributed by atoms with van der Waals surface area (Å²) in [6, 6.07) is 18.4. The van der Waals surface area contributed by atoms with Crippen LogP contribution >= 0.6 is 23.1 Å². The molecule has 0 atom stereocenters. The van der Waals surface area contributed by atoms with Crippen molar-refractivity contribution >= 4 is 29.0 Å². The fourth-order valence-electron chi connectivity index (χ4n) is 3.75. The molecule has 0 saturated carbocycles. The van der Waals surface area contributed by atoms with Crippen LogP contribution in [0.25, 0.3) is 10.6 Å². The highest BCUT2D eigenvalue weighted by atomic mass is 32.2. The number of hydrogen-bond acceptors (Lipinski definition) is 8. The average Bonchev–Trinajstić information content (AvgIpc) is 3.51. The maximum absolute atomic E-state index is 5.53. The Labute approximate surface area is 201 Å². The van der Waals surface area contributed by atoms with Crippen LogP contribution in [0.15, 0.2) is 65.1 Å². The van der Waals surface area contributed by atoms with Crippen molar-refractivity contribution in [1.82, 2.24) is 19.7 Å². The summed E-state index contributed by atoms with van der Waals surface area (Å²) in [5, 5.41) is 13.1. The number of para-hydroxylation sites is 1. The van der Waals surface area contributed by atoms with Gasteiger partial charge in [-0.2, -0.15) is 0 Å². The van der Waals surface area contributed by atoms with E-state index in [-0.39, 0.29) is 0 Å². The van der Waals surface area contributed by atoms with Crippen LogP contribution in [0.1, 0.15) is 11.3 Å². The summed E-state index contributed by atoms with van der Waals surface area (Å²) in [4.78, 5) is 7.10. The molecule has 0 radical (unpaired) electrons. The van der Waals surface area contributed by atoms with E-state index in [0.29, 0.717) is 13.2 Å². The Kier molecular flexibility index (Phi) is 6.89. The SMILES string of the molecule is COc1ccccc1-c1nc(CSc2nnc(N3CCOCC3)n2Cc2ccccc2)cs1. The molecule has 1 aliphatic heterocycles. The predicted octanol–water partition coefficient (Wildman–Crippen LogP) is 4.59. The number of nitrogens with zero attached hydrogens (tertiary/aromatic N) is 5. The van der Waals surface area contributed by atoms with Crippen molar-refractivity contribution in [3.8, 4) is 16.3 Å². The first-order chi connectivity index (χ1) is 16.3. The van der Waals surface area contributed by atoms with Crippen molar-refractivity contribution in [2.24, 2.45) is 0 Å². The highest BCUT2D eigenvalue weighted by Crippen LogP contribution is 2.33. The summed E-state index contributed by atoms with van der Waals surface area (Å²) in [6.45, 7) is 3.81. The third-order valence-corrected chi connectivity index (χ3v) is 7.34. The minimum Gasteiger partial charge on any atom is -0.496 e. The fraction of sp³-hybridized carbons (Fsp3) is 0.292.